The van der Waals surface area contributed by atoms with Gasteiger partial charge in [0.1, 0.15) is 29.7 Å². The summed E-state index contributed by atoms with van der Waals surface area (Å²) in [6.07, 6.45) is 1.87. The highest BCUT2D eigenvalue weighted by molar-refractivity contribution is 6.04. The van der Waals surface area contributed by atoms with Gasteiger partial charge in [-0.1, -0.05) is 0 Å². The lowest BCUT2D eigenvalue weighted by atomic mass is 10.1. The normalized spacial score (nSPS) is 13.5. The Labute approximate surface area is 151 Å². The number of nitrogens with one attached hydrogen (secondary N) is 2. The van der Waals surface area contributed by atoms with E-state index in [1.54, 1.807) is 13.0 Å². The van der Waals surface area contributed by atoms with Crippen molar-refractivity contribution in [3.05, 3.63) is 35.7 Å². The van der Waals surface area contributed by atoms with Crippen LogP contribution in [0.1, 0.15) is 36.8 Å². The van der Waals surface area contributed by atoms with E-state index in [0.29, 0.717) is 36.3 Å². The maximum Gasteiger partial charge on any atom is 0.335 e. The molecule has 1 aliphatic rings. The molecule has 2 aromatic rings. The number of ether oxygens (including phenoxy) is 1. The Morgan fingerprint density at radius 1 is 1.46 bits per heavy atom. The quantitative estimate of drug-likeness (QED) is 0.578. The number of amidine groups is 2. The molecule has 26 heavy (non-hydrogen) atoms. The minimum absolute atomic E-state index is 0.142. The Kier molecular flexibility index (Phi) is 4.75. The zero-order valence-electron chi connectivity index (χ0n) is 14.9. The largest absolute Gasteiger partial charge is 0.491 e. The van der Waals surface area contributed by atoms with E-state index in [1.165, 1.54) is 12.1 Å². The standard InChI is InChI=1S/C18H21N5O3/c1-10(2)20-16(21-11(3)19)14-9-23-6-7-26-15-8-12(18(24)25)4-5-13(15)17(23)22-14/h4-5,8-10H,6-7H2,1-3H3,(H,24,25)(H2,19,20,21). The van der Waals surface area contributed by atoms with Crippen molar-refractivity contribution in [1.29, 1.82) is 5.41 Å². The molecule has 8 heteroatoms. The summed E-state index contributed by atoms with van der Waals surface area (Å²) < 4.78 is 7.66. The molecule has 0 unspecified atom stereocenters. The third-order valence-electron chi connectivity index (χ3n) is 3.78. The molecule has 0 bridgehead atoms. The molecule has 0 amide bonds. The lowest BCUT2D eigenvalue weighted by Crippen LogP contribution is -2.32. The predicted molar refractivity (Wildman–Crippen MR) is 98.3 cm³/mol. The Bertz CT molecular complexity index is 898. The number of hydrogen-bond acceptors (Lipinski definition) is 4. The highest BCUT2D eigenvalue weighted by atomic mass is 16.5. The molecule has 136 valence electrons. The van der Waals surface area contributed by atoms with Crippen LogP contribution < -0.4 is 10.1 Å². The Hall–Kier alpha value is -3.16. The van der Waals surface area contributed by atoms with E-state index in [4.69, 9.17) is 10.1 Å². The van der Waals surface area contributed by atoms with E-state index in [9.17, 15) is 9.90 Å². The lowest BCUT2D eigenvalue weighted by Gasteiger charge is -2.11. The molecule has 0 spiro atoms. The molecule has 8 nitrogen and oxygen atoms in total. The van der Waals surface area contributed by atoms with E-state index in [-0.39, 0.29) is 17.4 Å². The highest BCUT2D eigenvalue weighted by Crippen LogP contribution is 2.32. The number of rotatable bonds is 3. The van der Waals surface area contributed by atoms with Gasteiger partial charge in [0.05, 0.1) is 17.7 Å². The number of fused-ring (bicyclic) bond motifs is 3. The number of carboxylic acids is 1. The van der Waals surface area contributed by atoms with Crippen LogP contribution in [0.5, 0.6) is 5.75 Å². The van der Waals surface area contributed by atoms with Crippen molar-refractivity contribution in [2.45, 2.75) is 33.4 Å². The molecule has 2 heterocycles. The maximum atomic E-state index is 11.2. The van der Waals surface area contributed by atoms with Gasteiger partial charge in [-0.2, -0.15) is 0 Å². The van der Waals surface area contributed by atoms with Crippen LogP contribution in [-0.4, -0.2) is 44.9 Å². The second kappa shape index (κ2) is 6.99. The molecule has 1 aromatic carbocycles. The lowest BCUT2D eigenvalue weighted by molar-refractivity contribution is 0.0696. The number of nitrogens with zero attached hydrogens (tertiary/aromatic N) is 3. The third-order valence-corrected chi connectivity index (χ3v) is 3.78. The maximum absolute atomic E-state index is 11.2. The molecule has 3 rings (SSSR count). The number of carboxylic acid groups (broad SMARTS) is 1. The predicted octanol–water partition coefficient (Wildman–Crippen LogP) is 2.38. The minimum Gasteiger partial charge on any atom is -0.491 e. The van der Waals surface area contributed by atoms with Gasteiger partial charge in [0.25, 0.3) is 0 Å². The average molecular weight is 355 g/mol. The van der Waals surface area contributed by atoms with Crippen molar-refractivity contribution in [3.63, 3.8) is 0 Å². The van der Waals surface area contributed by atoms with Crippen molar-refractivity contribution < 1.29 is 14.6 Å². The molecular weight excluding hydrogens is 334 g/mol. The fourth-order valence-corrected chi connectivity index (χ4v) is 2.73. The number of carbonyl (C=O) groups is 1. The van der Waals surface area contributed by atoms with Crippen LogP contribution in [0, 0.1) is 5.41 Å². The molecule has 1 aliphatic heterocycles. The topological polar surface area (TPSA) is 113 Å². The molecule has 0 atom stereocenters. The second-order valence-corrected chi connectivity index (χ2v) is 6.35. The third kappa shape index (κ3) is 3.58. The first kappa shape index (κ1) is 17.7. The van der Waals surface area contributed by atoms with Crippen LogP contribution in [0.4, 0.5) is 0 Å². The Morgan fingerprint density at radius 3 is 2.88 bits per heavy atom. The van der Waals surface area contributed by atoms with Gasteiger partial charge in [-0.3, -0.25) is 5.41 Å². The molecule has 0 saturated carbocycles. The first-order chi connectivity index (χ1) is 12.3. The molecular formula is C18H21N5O3. The monoisotopic (exact) mass is 355 g/mol. The van der Waals surface area contributed by atoms with Crippen molar-refractivity contribution >= 4 is 17.6 Å². The van der Waals surface area contributed by atoms with Gasteiger partial charge >= 0.3 is 5.97 Å². The molecule has 0 aliphatic carbocycles. The average Bonchev–Trinajstić information content (AvgIpc) is 2.90. The van der Waals surface area contributed by atoms with Gasteiger partial charge in [-0.25, -0.2) is 14.8 Å². The number of aromatic carboxylic acids is 1. The van der Waals surface area contributed by atoms with Crippen molar-refractivity contribution in [3.8, 4) is 17.1 Å². The number of aromatic nitrogens is 2. The van der Waals surface area contributed by atoms with Gasteiger partial charge in [0.15, 0.2) is 5.84 Å². The summed E-state index contributed by atoms with van der Waals surface area (Å²) in [4.78, 5) is 20.1. The van der Waals surface area contributed by atoms with Gasteiger partial charge in [-0.05, 0) is 39.0 Å². The van der Waals surface area contributed by atoms with Crippen LogP contribution in [0.15, 0.2) is 29.4 Å². The van der Waals surface area contributed by atoms with Crippen LogP contribution in [0.2, 0.25) is 0 Å². The summed E-state index contributed by atoms with van der Waals surface area (Å²) in [5.74, 6) is 0.912. The molecule has 3 N–H and O–H groups in total. The summed E-state index contributed by atoms with van der Waals surface area (Å²) in [6.45, 7) is 6.59. The van der Waals surface area contributed by atoms with Crippen molar-refractivity contribution in [2.24, 2.45) is 4.99 Å². The Morgan fingerprint density at radius 2 is 2.23 bits per heavy atom. The van der Waals surface area contributed by atoms with E-state index >= 15 is 0 Å². The first-order valence-electron chi connectivity index (χ1n) is 8.33. The van der Waals surface area contributed by atoms with Crippen LogP contribution in [0.3, 0.4) is 0 Å². The molecule has 0 radical (unpaired) electrons. The number of hydrogen-bond donors (Lipinski definition) is 3. The fraction of sp³-hybridized carbons (Fsp3) is 0.333. The number of aliphatic imine (C=N–C) groups is 1. The van der Waals surface area contributed by atoms with Crippen molar-refractivity contribution in [2.75, 3.05) is 6.61 Å². The second-order valence-electron chi connectivity index (χ2n) is 6.35. The van der Waals surface area contributed by atoms with Gasteiger partial charge in [-0.15, -0.1) is 0 Å². The summed E-state index contributed by atoms with van der Waals surface area (Å²) in [5.41, 5.74) is 1.54. The highest BCUT2D eigenvalue weighted by Gasteiger charge is 2.21. The first-order valence-corrected chi connectivity index (χ1v) is 8.33. The van der Waals surface area contributed by atoms with Crippen LogP contribution in [0.25, 0.3) is 11.4 Å². The summed E-state index contributed by atoms with van der Waals surface area (Å²) in [6, 6.07) is 4.91. The summed E-state index contributed by atoms with van der Waals surface area (Å²) >= 11 is 0. The zero-order chi connectivity index (χ0) is 18.8. The molecule has 0 saturated heterocycles. The summed E-state index contributed by atoms with van der Waals surface area (Å²) in [5, 5.41) is 20.1. The zero-order valence-corrected chi connectivity index (χ0v) is 14.9. The van der Waals surface area contributed by atoms with E-state index < -0.39 is 5.97 Å². The van der Waals surface area contributed by atoms with Gasteiger partial charge in [0.2, 0.25) is 0 Å². The van der Waals surface area contributed by atoms with Crippen LogP contribution in [-0.2, 0) is 6.54 Å². The van der Waals surface area contributed by atoms with E-state index in [1.807, 2.05) is 24.6 Å². The fourth-order valence-electron chi connectivity index (χ4n) is 2.73. The molecule has 0 fully saturated rings. The Balaban J connectivity index is 2.08. The van der Waals surface area contributed by atoms with E-state index in [0.717, 1.165) is 5.56 Å². The minimum atomic E-state index is -0.998. The number of benzene rings is 1. The van der Waals surface area contributed by atoms with Gasteiger partial charge < -0.3 is 19.7 Å². The van der Waals surface area contributed by atoms with Crippen LogP contribution >= 0.6 is 0 Å². The summed E-state index contributed by atoms with van der Waals surface area (Å²) in [7, 11) is 0. The SMILES string of the molecule is CC(=N)/N=C(\NC(C)C)c1cn2c(n1)-c1ccc(C(=O)O)cc1OCC2. The molecule has 1 aromatic heterocycles. The smallest absolute Gasteiger partial charge is 0.335 e. The number of imidazole rings is 1. The van der Waals surface area contributed by atoms with E-state index in [2.05, 4.69) is 15.3 Å². The van der Waals surface area contributed by atoms with Gasteiger partial charge in [0, 0.05) is 12.2 Å². The van der Waals surface area contributed by atoms with Crippen molar-refractivity contribution in [1.82, 2.24) is 14.9 Å².